The van der Waals surface area contributed by atoms with E-state index in [0.29, 0.717) is 11.3 Å². The van der Waals surface area contributed by atoms with Gasteiger partial charge in [0.15, 0.2) is 0 Å². The van der Waals surface area contributed by atoms with Gasteiger partial charge in [0.25, 0.3) is 0 Å². The van der Waals surface area contributed by atoms with Crippen LogP contribution in [-0.4, -0.2) is 48.7 Å². The van der Waals surface area contributed by atoms with E-state index < -0.39 is 41.6 Å². The Morgan fingerprint density at radius 2 is 1.47 bits per heavy atom. The van der Waals surface area contributed by atoms with Gasteiger partial charge in [0.2, 0.25) is 11.8 Å². The van der Waals surface area contributed by atoms with Gasteiger partial charge in [-0.2, -0.15) is 0 Å². The van der Waals surface area contributed by atoms with E-state index in [4.69, 9.17) is 4.74 Å². The van der Waals surface area contributed by atoms with Gasteiger partial charge < -0.3 is 25.4 Å². The minimum atomic E-state index is -0.866. The lowest BCUT2D eigenvalue weighted by Gasteiger charge is -2.26. The molecule has 0 aliphatic rings. The number of anilines is 1. The molecule has 0 aromatic heterocycles. The first kappa shape index (κ1) is 24.9. The summed E-state index contributed by atoms with van der Waals surface area (Å²) in [6, 6.07) is 4.42. The van der Waals surface area contributed by atoms with Crippen LogP contribution in [0.25, 0.3) is 0 Å². The Hall–Kier alpha value is -3.10. The number of hydrogen-bond donors (Lipinski definition) is 3. The van der Waals surface area contributed by atoms with Gasteiger partial charge in [-0.1, -0.05) is 13.8 Å². The number of nitrogens with one attached hydrogen (secondary N) is 3. The summed E-state index contributed by atoms with van der Waals surface area (Å²) in [7, 11) is 1.28. The third kappa shape index (κ3) is 8.10. The molecule has 1 rings (SSSR count). The van der Waals surface area contributed by atoms with Crippen molar-refractivity contribution in [1.82, 2.24) is 10.6 Å². The molecule has 3 N–H and O–H groups in total. The van der Waals surface area contributed by atoms with Gasteiger partial charge in [0.05, 0.1) is 12.7 Å². The summed E-state index contributed by atoms with van der Waals surface area (Å²) in [6.07, 6.45) is -0.709. The predicted octanol–water partition coefficient (Wildman–Crippen LogP) is 2.47. The first-order valence-corrected chi connectivity index (χ1v) is 9.63. The van der Waals surface area contributed by atoms with Gasteiger partial charge in [-0.25, -0.2) is 9.59 Å². The molecule has 0 radical (unpaired) electrons. The van der Waals surface area contributed by atoms with E-state index >= 15 is 0 Å². The van der Waals surface area contributed by atoms with Crippen LogP contribution in [0.4, 0.5) is 10.5 Å². The van der Waals surface area contributed by atoms with Crippen molar-refractivity contribution < 1.29 is 28.7 Å². The molecule has 0 aliphatic carbocycles. The second-order valence-corrected chi connectivity index (χ2v) is 8.16. The minimum absolute atomic E-state index is 0.223. The van der Waals surface area contributed by atoms with Crippen LogP contribution < -0.4 is 16.0 Å². The summed E-state index contributed by atoms with van der Waals surface area (Å²) < 4.78 is 9.81. The highest BCUT2D eigenvalue weighted by Crippen LogP contribution is 2.12. The molecule has 0 unspecified atom stereocenters. The van der Waals surface area contributed by atoms with Gasteiger partial charge in [0.1, 0.15) is 17.7 Å². The number of alkyl carbamates (subject to hydrolysis) is 1. The molecular formula is C21H31N3O6. The average Bonchev–Trinajstić information content (AvgIpc) is 2.64. The van der Waals surface area contributed by atoms with Crippen molar-refractivity contribution >= 4 is 29.6 Å². The summed E-state index contributed by atoms with van der Waals surface area (Å²) in [4.78, 5) is 48.5. The Balaban J connectivity index is 2.70. The maximum absolute atomic E-state index is 12.6. The van der Waals surface area contributed by atoms with Gasteiger partial charge in [-0.05, 0) is 57.9 Å². The molecule has 0 fully saturated rings. The summed E-state index contributed by atoms with van der Waals surface area (Å²) >= 11 is 0. The SMILES string of the molecule is COC(=O)c1ccc(NC(=O)[C@H](C)NC(=O)[C@@H](NC(=O)OC(C)(C)C)C(C)C)cc1. The quantitative estimate of drug-likeness (QED) is 0.581. The fraction of sp³-hybridized carbons (Fsp3) is 0.524. The zero-order valence-corrected chi connectivity index (χ0v) is 18.5. The lowest BCUT2D eigenvalue weighted by atomic mass is 10.0. The third-order valence-corrected chi connectivity index (χ3v) is 3.95. The molecule has 0 saturated carbocycles. The molecule has 2 atom stereocenters. The standard InChI is InChI=1S/C21H31N3O6/c1-12(2)16(24-20(28)30-21(4,5)6)18(26)22-13(3)17(25)23-15-10-8-14(9-11-15)19(27)29-7/h8-13,16H,1-7H3,(H,22,26)(H,23,25)(H,24,28)/t13-,16-/m0/s1. The molecule has 1 aromatic carbocycles. The van der Waals surface area contributed by atoms with Crippen molar-refractivity contribution in [3.05, 3.63) is 29.8 Å². The summed E-state index contributed by atoms with van der Waals surface area (Å²) in [6.45, 7) is 10.2. The highest BCUT2D eigenvalue weighted by molar-refractivity contribution is 5.98. The molecule has 166 valence electrons. The van der Waals surface area contributed by atoms with Gasteiger partial charge in [0, 0.05) is 5.69 Å². The normalized spacial score (nSPS) is 13.1. The monoisotopic (exact) mass is 421 g/mol. The number of benzene rings is 1. The van der Waals surface area contributed by atoms with Crippen molar-refractivity contribution in [2.45, 2.75) is 59.2 Å². The number of methoxy groups -OCH3 is 1. The number of amides is 3. The van der Waals surface area contributed by atoms with Crippen LogP contribution in [0, 0.1) is 5.92 Å². The highest BCUT2D eigenvalue weighted by Gasteiger charge is 2.29. The van der Waals surface area contributed by atoms with Crippen LogP contribution in [0.5, 0.6) is 0 Å². The third-order valence-electron chi connectivity index (χ3n) is 3.95. The number of carbonyl (C=O) groups excluding carboxylic acids is 4. The van der Waals surface area contributed by atoms with Crippen LogP contribution in [0.15, 0.2) is 24.3 Å². The highest BCUT2D eigenvalue weighted by atomic mass is 16.6. The largest absolute Gasteiger partial charge is 0.465 e. The molecule has 9 heteroatoms. The number of rotatable bonds is 7. The zero-order chi connectivity index (χ0) is 23.1. The van der Waals surface area contributed by atoms with Crippen molar-refractivity contribution in [1.29, 1.82) is 0 Å². The fourth-order valence-corrected chi connectivity index (χ4v) is 2.40. The Morgan fingerprint density at radius 3 is 1.93 bits per heavy atom. The summed E-state index contributed by atoms with van der Waals surface area (Å²) in [5.41, 5.74) is 0.115. The van der Waals surface area contributed by atoms with E-state index in [1.165, 1.54) is 26.2 Å². The molecule has 9 nitrogen and oxygen atoms in total. The average molecular weight is 421 g/mol. The minimum Gasteiger partial charge on any atom is -0.465 e. The maximum Gasteiger partial charge on any atom is 0.408 e. The Labute approximate surface area is 176 Å². The molecule has 0 saturated heterocycles. The summed E-state index contributed by atoms with van der Waals surface area (Å²) in [5.74, 6) is -1.65. The first-order valence-electron chi connectivity index (χ1n) is 9.63. The van der Waals surface area contributed by atoms with Gasteiger partial charge >= 0.3 is 12.1 Å². The molecule has 0 bridgehead atoms. The van der Waals surface area contributed by atoms with Crippen molar-refractivity contribution in [2.75, 3.05) is 12.4 Å². The molecule has 0 heterocycles. The molecule has 30 heavy (non-hydrogen) atoms. The van der Waals surface area contributed by atoms with Crippen LogP contribution in [0.1, 0.15) is 51.9 Å². The van der Waals surface area contributed by atoms with Crippen LogP contribution in [-0.2, 0) is 19.1 Å². The topological polar surface area (TPSA) is 123 Å². The van der Waals surface area contributed by atoms with E-state index in [1.807, 2.05) is 0 Å². The van der Waals surface area contributed by atoms with E-state index in [1.54, 1.807) is 46.8 Å². The lowest BCUT2D eigenvalue weighted by molar-refractivity contribution is -0.128. The fourth-order valence-electron chi connectivity index (χ4n) is 2.40. The van der Waals surface area contributed by atoms with Crippen LogP contribution >= 0.6 is 0 Å². The maximum atomic E-state index is 12.6. The van der Waals surface area contributed by atoms with E-state index in [-0.39, 0.29) is 5.92 Å². The lowest BCUT2D eigenvalue weighted by Crippen LogP contribution is -2.54. The number of ether oxygens (including phenoxy) is 2. The first-order chi connectivity index (χ1) is 13.8. The van der Waals surface area contributed by atoms with Crippen LogP contribution in [0.3, 0.4) is 0 Å². The molecule has 0 spiro atoms. The zero-order valence-electron chi connectivity index (χ0n) is 18.5. The Kier molecular flexibility index (Phi) is 8.82. The van der Waals surface area contributed by atoms with E-state index in [2.05, 4.69) is 20.7 Å². The Bertz CT molecular complexity index is 768. The second kappa shape index (κ2) is 10.6. The second-order valence-electron chi connectivity index (χ2n) is 8.16. The number of hydrogen-bond acceptors (Lipinski definition) is 6. The molecular weight excluding hydrogens is 390 g/mol. The van der Waals surface area contributed by atoms with Gasteiger partial charge in [-0.3, -0.25) is 9.59 Å². The Morgan fingerprint density at radius 1 is 0.900 bits per heavy atom. The van der Waals surface area contributed by atoms with Crippen molar-refractivity contribution in [3.8, 4) is 0 Å². The van der Waals surface area contributed by atoms with Crippen molar-refractivity contribution in [3.63, 3.8) is 0 Å². The summed E-state index contributed by atoms with van der Waals surface area (Å²) in [5, 5.41) is 7.79. The van der Waals surface area contributed by atoms with Gasteiger partial charge in [-0.15, -0.1) is 0 Å². The number of esters is 1. The van der Waals surface area contributed by atoms with E-state index in [0.717, 1.165) is 0 Å². The molecule has 3 amide bonds. The van der Waals surface area contributed by atoms with E-state index in [9.17, 15) is 19.2 Å². The number of carbonyl (C=O) groups is 4. The molecule has 0 aliphatic heterocycles. The smallest absolute Gasteiger partial charge is 0.408 e. The van der Waals surface area contributed by atoms with Crippen molar-refractivity contribution in [2.24, 2.45) is 5.92 Å². The predicted molar refractivity (Wildman–Crippen MR) is 112 cm³/mol. The molecule has 1 aromatic rings. The van der Waals surface area contributed by atoms with Crippen LogP contribution in [0.2, 0.25) is 0 Å².